The Morgan fingerprint density at radius 1 is 1.19 bits per heavy atom. The lowest BCUT2D eigenvalue weighted by Crippen LogP contribution is -2.47. The molecule has 0 unspecified atom stereocenters. The first-order valence-electron chi connectivity index (χ1n) is 9.23. The molecule has 2 aliphatic heterocycles. The number of carbonyl (C=O) groups excluding carboxylic acids is 1. The minimum absolute atomic E-state index is 0.0654. The molecule has 138 valence electrons. The van der Waals surface area contributed by atoms with Crippen molar-refractivity contribution < 1.29 is 14.3 Å². The largest absolute Gasteiger partial charge is 0.347 e. The van der Waals surface area contributed by atoms with Gasteiger partial charge in [0, 0.05) is 43.4 Å². The van der Waals surface area contributed by atoms with Gasteiger partial charge in [0.05, 0.1) is 13.2 Å². The van der Waals surface area contributed by atoms with Crippen molar-refractivity contribution in [2.24, 2.45) is 0 Å². The summed E-state index contributed by atoms with van der Waals surface area (Å²) < 4.78 is 11.4. The number of aryl methyl sites for hydroxylation is 2. The summed E-state index contributed by atoms with van der Waals surface area (Å²) in [4.78, 5) is 29.1. The quantitative estimate of drug-likeness (QED) is 0.915. The Bertz CT molecular complexity index is 873. The Morgan fingerprint density at radius 3 is 2.65 bits per heavy atom. The number of aromatic nitrogens is 1. The van der Waals surface area contributed by atoms with E-state index in [1.165, 1.54) is 0 Å². The molecule has 0 atom stereocenters. The number of ether oxygens (including phenoxy) is 2. The van der Waals surface area contributed by atoms with E-state index in [4.69, 9.17) is 9.47 Å². The molecule has 1 amide bonds. The molecule has 1 aromatic heterocycles. The van der Waals surface area contributed by atoms with Crippen LogP contribution in [0.4, 0.5) is 0 Å². The number of H-pyrrole nitrogens is 1. The Labute approximate surface area is 152 Å². The standard InChI is InChI=1S/C20H24N2O4/c1-14-12-16-4-2-15(13-17(16)21-19(14)24)3-5-18(23)22-8-6-20(7-9-22)25-10-11-26-20/h2,4,12-13H,3,5-11H2,1H3,(H,21,24). The average Bonchev–Trinajstić information content (AvgIpc) is 3.09. The third-order valence-corrected chi connectivity index (χ3v) is 5.42. The van der Waals surface area contributed by atoms with Gasteiger partial charge in [-0.2, -0.15) is 0 Å². The Balaban J connectivity index is 1.36. The maximum Gasteiger partial charge on any atom is 0.251 e. The van der Waals surface area contributed by atoms with Crippen LogP contribution in [-0.2, 0) is 20.7 Å². The number of benzene rings is 1. The lowest BCUT2D eigenvalue weighted by Gasteiger charge is -2.37. The molecule has 4 rings (SSSR count). The highest BCUT2D eigenvalue weighted by Crippen LogP contribution is 2.31. The van der Waals surface area contributed by atoms with Gasteiger partial charge >= 0.3 is 0 Å². The van der Waals surface area contributed by atoms with Crippen LogP contribution in [-0.4, -0.2) is 47.9 Å². The fourth-order valence-electron chi connectivity index (χ4n) is 3.80. The van der Waals surface area contributed by atoms with Crippen molar-refractivity contribution in [1.82, 2.24) is 9.88 Å². The molecule has 2 aromatic rings. The summed E-state index contributed by atoms with van der Waals surface area (Å²) in [7, 11) is 0. The average molecular weight is 356 g/mol. The monoisotopic (exact) mass is 356 g/mol. The van der Waals surface area contributed by atoms with Crippen LogP contribution in [0.2, 0.25) is 0 Å². The van der Waals surface area contributed by atoms with Crippen LogP contribution in [0.15, 0.2) is 29.1 Å². The van der Waals surface area contributed by atoms with Gasteiger partial charge in [-0.1, -0.05) is 12.1 Å². The van der Waals surface area contributed by atoms with Gasteiger partial charge in [0.2, 0.25) is 5.91 Å². The number of fused-ring (bicyclic) bond motifs is 1. The van der Waals surface area contributed by atoms with E-state index < -0.39 is 5.79 Å². The molecule has 6 heteroatoms. The topological polar surface area (TPSA) is 71.6 Å². The normalized spacial score (nSPS) is 19.3. The van der Waals surface area contributed by atoms with E-state index in [0.717, 1.165) is 29.3 Å². The van der Waals surface area contributed by atoms with Crippen LogP contribution in [0.25, 0.3) is 10.9 Å². The molecule has 3 heterocycles. The maximum atomic E-state index is 12.5. The first-order chi connectivity index (χ1) is 12.5. The molecule has 0 saturated carbocycles. The van der Waals surface area contributed by atoms with Gasteiger partial charge in [-0.05, 0) is 36.4 Å². The van der Waals surface area contributed by atoms with Gasteiger partial charge in [-0.3, -0.25) is 9.59 Å². The van der Waals surface area contributed by atoms with Crippen molar-refractivity contribution in [3.05, 3.63) is 45.7 Å². The van der Waals surface area contributed by atoms with Gasteiger partial charge in [-0.25, -0.2) is 0 Å². The molecule has 6 nitrogen and oxygen atoms in total. The zero-order valence-electron chi connectivity index (χ0n) is 15.0. The predicted molar refractivity (Wildman–Crippen MR) is 98.1 cm³/mol. The van der Waals surface area contributed by atoms with Crippen molar-refractivity contribution in [2.75, 3.05) is 26.3 Å². The van der Waals surface area contributed by atoms with Crippen molar-refractivity contribution in [2.45, 2.75) is 38.4 Å². The van der Waals surface area contributed by atoms with E-state index in [0.29, 0.717) is 44.7 Å². The molecule has 0 bridgehead atoms. The summed E-state index contributed by atoms with van der Waals surface area (Å²) in [5, 5.41) is 1.01. The zero-order valence-corrected chi connectivity index (χ0v) is 15.0. The van der Waals surface area contributed by atoms with Crippen LogP contribution in [0.1, 0.15) is 30.4 Å². The number of carbonyl (C=O) groups is 1. The molecule has 1 aromatic carbocycles. The number of hydrogen-bond acceptors (Lipinski definition) is 4. The number of amides is 1. The number of likely N-dealkylation sites (tertiary alicyclic amines) is 1. The van der Waals surface area contributed by atoms with Gasteiger partial charge in [-0.15, -0.1) is 0 Å². The summed E-state index contributed by atoms with van der Waals surface area (Å²) in [6.07, 6.45) is 2.63. The highest BCUT2D eigenvalue weighted by Gasteiger charge is 2.40. The number of pyridine rings is 1. The Morgan fingerprint density at radius 2 is 1.92 bits per heavy atom. The number of nitrogens with one attached hydrogen (secondary N) is 1. The molecule has 0 aliphatic carbocycles. The number of aromatic amines is 1. The summed E-state index contributed by atoms with van der Waals surface area (Å²) in [6, 6.07) is 7.88. The van der Waals surface area contributed by atoms with E-state index >= 15 is 0 Å². The highest BCUT2D eigenvalue weighted by atomic mass is 16.7. The fraction of sp³-hybridized carbons (Fsp3) is 0.500. The first kappa shape index (κ1) is 17.2. The summed E-state index contributed by atoms with van der Waals surface area (Å²) in [5.74, 6) is -0.283. The van der Waals surface area contributed by atoms with E-state index in [2.05, 4.69) is 4.98 Å². The highest BCUT2D eigenvalue weighted by molar-refractivity contribution is 5.80. The van der Waals surface area contributed by atoms with E-state index in [1.54, 1.807) is 6.92 Å². The third kappa shape index (κ3) is 3.39. The molecule has 1 N–H and O–H groups in total. The molecule has 2 aliphatic rings. The molecule has 0 radical (unpaired) electrons. The maximum absolute atomic E-state index is 12.5. The zero-order chi connectivity index (χ0) is 18.1. The van der Waals surface area contributed by atoms with E-state index in [9.17, 15) is 9.59 Å². The second kappa shape index (κ2) is 6.85. The molecule has 2 saturated heterocycles. The molecular formula is C20H24N2O4. The van der Waals surface area contributed by atoms with Crippen molar-refractivity contribution in [1.29, 1.82) is 0 Å². The van der Waals surface area contributed by atoms with Crippen LogP contribution < -0.4 is 5.56 Å². The van der Waals surface area contributed by atoms with Crippen molar-refractivity contribution >= 4 is 16.8 Å². The smallest absolute Gasteiger partial charge is 0.251 e. The van der Waals surface area contributed by atoms with Gasteiger partial charge < -0.3 is 19.4 Å². The van der Waals surface area contributed by atoms with Crippen LogP contribution in [0.3, 0.4) is 0 Å². The van der Waals surface area contributed by atoms with Crippen LogP contribution >= 0.6 is 0 Å². The number of hydrogen-bond donors (Lipinski definition) is 1. The molecule has 2 fully saturated rings. The molecule has 26 heavy (non-hydrogen) atoms. The molecular weight excluding hydrogens is 332 g/mol. The Kier molecular flexibility index (Phi) is 4.54. The van der Waals surface area contributed by atoms with Gasteiger partial charge in [0.15, 0.2) is 5.79 Å². The minimum atomic E-state index is -0.445. The number of rotatable bonds is 3. The van der Waals surface area contributed by atoms with E-state index in [1.807, 2.05) is 29.2 Å². The van der Waals surface area contributed by atoms with Crippen molar-refractivity contribution in [3.63, 3.8) is 0 Å². The molecule has 1 spiro atoms. The second-order valence-corrected chi connectivity index (χ2v) is 7.19. The fourth-order valence-corrected chi connectivity index (χ4v) is 3.80. The second-order valence-electron chi connectivity index (χ2n) is 7.19. The lowest BCUT2D eigenvalue weighted by molar-refractivity contribution is -0.187. The van der Waals surface area contributed by atoms with E-state index in [-0.39, 0.29) is 11.5 Å². The number of nitrogens with zero attached hydrogens (tertiary/aromatic N) is 1. The van der Waals surface area contributed by atoms with Gasteiger partial charge in [0.25, 0.3) is 5.56 Å². The minimum Gasteiger partial charge on any atom is -0.347 e. The van der Waals surface area contributed by atoms with Crippen LogP contribution in [0, 0.1) is 6.92 Å². The summed E-state index contributed by atoms with van der Waals surface area (Å²) >= 11 is 0. The third-order valence-electron chi connectivity index (χ3n) is 5.42. The van der Waals surface area contributed by atoms with Crippen molar-refractivity contribution in [3.8, 4) is 0 Å². The summed E-state index contributed by atoms with van der Waals surface area (Å²) in [5.41, 5.74) is 2.52. The van der Waals surface area contributed by atoms with Crippen LogP contribution in [0.5, 0.6) is 0 Å². The predicted octanol–water partition coefficient (Wildman–Crippen LogP) is 2.13. The van der Waals surface area contributed by atoms with Gasteiger partial charge in [0.1, 0.15) is 0 Å². The SMILES string of the molecule is Cc1cc2ccc(CCC(=O)N3CCC4(CC3)OCCO4)cc2[nH]c1=O. The number of piperidine rings is 1. The Hall–Kier alpha value is -2.18. The first-order valence-corrected chi connectivity index (χ1v) is 9.23. The lowest BCUT2D eigenvalue weighted by atomic mass is 10.0. The summed E-state index contributed by atoms with van der Waals surface area (Å²) in [6.45, 7) is 4.47.